The highest BCUT2D eigenvalue weighted by molar-refractivity contribution is 7.89. The predicted molar refractivity (Wildman–Crippen MR) is 130 cm³/mol. The summed E-state index contributed by atoms with van der Waals surface area (Å²) in [5, 5.41) is 0. The van der Waals surface area contributed by atoms with Gasteiger partial charge >= 0.3 is 0 Å². The van der Waals surface area contributed by atoms with Gasteiger partial charge < -0.3 is 0 Å². The zero-order valence-corrected chi connectivity index (χ0v) is 21.2. The Morgan fingerprint density at radius 2 is 0.971 bits per heavy atom. The molecule has 2 aromatic carbocycles. The van der Waals surface area contributed by atoms with Gasteiger partial charge in [-0.2, -0.15) is 8.61 Å². The van der Waals surface area contributed by atoms with Crippen LogP contribution < -0.4 is 0 Å². The van der Waals surface area contributed by atoms with Crippen molar-refractivity contribution < 1.29 is 21.6 Å². The van der Waals surface area contributed by atoms with Crippen molar-refractivity contribution in [3.8, 4) is 11.1 Å². The van der Waals surface area contributed by atoms with Crippen LogP contribution in [-0.2, 0) is 20.0 Å². The normalized spacial score (nSPS) is 20.9. The summed E-state index contributed by atoms with van der Waals surface area (Å²) in [7, 11) is -7.38. The highest BCUT2D eigenvalue weighted by Gasteiger charge is 2.34. The molecule has 2 heterocycles. The number of piperidine rings is 2. The van der Waals surface area contributed by atoms with Gasteiger partial charge in [0, 0.05) is 37.3 Å². The highest BCUT2D eigenvalue weighted by atomic mass is 32.2. The van der Waals surface area contributed by atoms with E-state index in [-0.39, 0.29) is 15.6 Å². The third-order valence-electron chi connectivity index (χ3n) is 7.52. The van der Waals surface area contributed by atoms with Crippen molar-refractivity contribution in [2.24, 2.45) is 11.8 Å². The Morgan fingerprint density at radius 1 is 0.618 bits per heavy atom. The van der Waals surface area contributed by atoms with Gasteiger partial charge in [-0.25, -0.2) is 16.8 Å². The quantitative estimate of drug-likeness (QED) is 0.542. The van der Waals surface area contributed by atoms with Gasteiger partial charge in [0.25, 0.3) is 0 Å². The molecule has 7 nitrogen and oxygen atoms in total. The molecule has 2 aromatic rings. The minimum Gasteiger partial charge on any atom is -0.289 e. The summed E-state index contributed by atoms with van der Waals surface area (Å²) in [5.41, 5.74) is 1.90. The number of benzene rings is 2. The molecule has 5 rings (SSSR count). The van der Waals surface area contributed by atoms with Crippen LogP contribution in [0.15, 0.2) is 46.2 Å². The molecule has 9 heteroatoms. The number of fused-ring (bicyclic) bond motifs is 3. The number of hydrogen-bond donors (Lipinski definition) is 0. The van der Waals surface area contributed by atoms with Gasteiger partial charge in [-0.05, 0) is 72.9 Å². The third-order valence-corrected chi connectivity index (χ3v) is 11.3. The molecule has 0 aromatic heterocycles. The molecule has 0 amide bonds. The number of carbonyl (C=O) groups excluding carboxylic acids is 1. The Balaban J connectivity index is 1.46. The maximum absolute atomic E-state index is 13.3. The SMILES string of the molecule is CC1CCN(S(=O)(=O)c2ccc3c(c2)C(=O)c2cc(S(=O)(=O)N4CCC(C)CC4)ccc2-3)CC1. The molecule has 0 N–H and O–H groups in total. The molecule has 0 radical (unpaired) electrons. The summed E-state index contributed by atoms with van der Waals surface area (Å²) >= 11 is 0. The smallest absolute Gasteiger partial charge is 0.243 e. The minimum atomic E-state index is -3.69. The van der Waals surface area contributed by atoms with E-state index in [1.54, 1.807) is 24.3 Å². The van der Waals surface area contributed by atoms with Crippen LogP contribution in [0.4, 0.5) is 0 Å². The van der Waals surface area contributed by atoms with E-state index >= 15 is 0 Å². The largest absolute Gasteiger partial charge is 0.289 e. The average Bonchev–Trinajstić information content (AvgIpc) is 3.11. The summed E-state index contributed by atoms with van der Waals surface area (Å²) in [6, 6.07) is 9.33. The Kier molecular flexibility index (Phi) is 5.95. The molecule has 1 aliphatic carbocycles. The Labute approximate surface area is 201 Å². The van der Waals surface area contributed by atoms with Gasteiger partial charge in [0.05, 0.1) is 9.79 Å². The van der Waals surface area contributed by atoms with Crippen LogP contribution in [0.25, 0.3) is 11.1 Å². The molecular formula is C25H30N2O5S2. The Hall–Kier alpha value is -2.07. The fraction of sp³-hybridized carbons (Fsp3) is 0.480. The third kappa shape index (κ3) is 3.92. The topological polar surface area (TPSA) is 91.8 Å². The summed E-state index contributed by atoms with van der Waals surface area (Å²) in [6.45, 7) is 6.15. The summed E-state index contributed by atoms with van der Waals surface area (Å²) in [4.78, 5) is 13.5. The lowest BCUT2D eigenvalue weighted by Gasteiger charge is -2.29. The van der Waals surface area contributed by atoms with E-state index in [2.05, 4.69) is 13.8 Å². The van der Waals surface area contributed by atoms with E-state index in [0.29, 0.717) is 60.3 Å². The van der Waals surface area contributed by atoms with Gasteiger partial charge in [-0.15, -0.1) is 0 Å². The number of sulfonamides is 2. The van der Waals surface area contributed by atoms with Crippen molar-refractivity contribution in [2.45, 2.75) is 49.3 Å². The van der Waals surface area contributed by atoms with Crippen LogP contribution in [-0.4, -0.2) is 57.4 Å². The van der Waals surface area contributed by atoms with E-state index in [9.17, 15) is 21.6 Å². The van der Waals surface area contributed by atoms with Crippen LogP contribution in [0.2, 0.25) is 0 Å². The molecule has 34 heavy (non-hydrogen) atoms. The molecule has 2 fully saturated rings. The summed E-state index contributed by atoms with van der Waals surface area (Å²) in [6.07, 6.45) is 3.28. The standard InChI is InChI=1S/C25H30N2O5S2/c1-17-7-11-26(12-8-17)33(29,30)19-3-5-21-22-6-4-20(16-24(22)25(28)23(21)15-19)34(31,32)27-13-9-18(2)10-14-27/h3-6,15-18H,7-14H2,1-2H3. The van der Waals surface area contributed by atoms with E-state index < -0.39 is 20.0 Å². The summed E-state index contributed by atoms with van der Waals surface area (Å²) < 4.78 is 55.7. The number of ketones is 1. The van der Waals surface area contributed by atoms with Gasteiger partial charge in [0.15, 0.2) is 5.78 Å². The van der Waals surface area contributed by atoms with Crippen LogP contribution >= 0.6 is 0 Å². The lowest BCUT2D eigenvalue weighted by atomic mass is 10.0. The van der Waals surface area contributed by atoms with Gasteiger partial charge in [0.1, 0.15) is 0 Å². The molecule has 182 valence electrons. The van der Waals surface area contributed by atoms with Crippen molar-refractivity contribution in [1.82, 2.24) is 8.61 Å². The van der Waals surface area contributed by atoms with Gasteiger partial charge in [-0.1, -0.05) is 26.0 Å². The molecule has 0 saturated carbocycles. The fourth-order valence-electron chi connectivity index (χ4n) is 5.11. The van der Waals surface area contributed by atoms with E-state index in [4.69, 9.17) is 0 Å². The Bertz CT molecular complexity index is 1250. The molecular weight excluding hydrogens is 472 g/mol. The summed E-state index contributed by atoms with van der Waals surface area (Å²) in [5.74, 6) is 0.668. The van der Waals surface area contributed by atoms with Gasteiger partial charge in [0.2, 0.25) is 20.0 Å². The monoisotopic (exact) mass is 502 g/mol. The maximum atomic E-state index is 13.3. The molecule has 0 atom stereocenters. The molecule has 0 unspecified atom stereocenters. The molecule has 0 spiro atoms. The molecule has 2 saturated heterocycles. The molecule has 0 bridgehead atoms. The van der Waals surface area contributed by atoms with Crippen LogP contribution in [0.1, 0.15) is 55.5 Å². The van der Waals surface area contributed by atoms with Crippen LogP contribution in [0.3, 0.4) is 0 Å². The van der Waals surface area contributed by atoms with E-state index in [1.807, 2.05) is 0 Å². The first-order valence-corrected chi connectivity index (χ1v) is 14.8. The number of carbonyl (C=O) groups is 1. The van der Waals surface area contributed by atoms with Gasteiger partial charge in [-0.3, -0.25) is 4.79 Å². The lowest BCUT2D eigenvalue weighted by Crippen LogP contribution is -2.37. The Morgan fingerprint density at radius 3 is 1.32 bits per heavy atom. The first-order chi connectivity index (χ1) is 16.1. The predicted octanol–water partition coefficient (Wildman–Crippen LogP) is 3.74. The maximum Gasteiger partial charge on any atom is 0.243 e. The van der Waals surface area contributed by atoms with E-state index in [0.717, 1.165) is 25.7 Å². The first kappa shape index (κ1) is 23.7. The second-order valence-electron chi connectivity index (χ2n) is 9.92. The van der Waals surface area contributed by atoms with E-state index in [1.165, 1.54) is 20.7 Å². The second-order valence-corrected chi connectivity index (χ2v) is 13.8. The van der Waals surface area contributed by atoms with Crippen molar-refractivity contribution in [3.05, 3.63) is 47.5 Å². The highest BCUT2D eigenvalue weighted by Crippen LogP contribution is 2.40. The van der Waals surface area contributed by atoms with Crippen molar-refractivity contribution in [1.29, 1.82) is 0 Å². The average molecular weight is 503 g/mol. The zero-order chi connectivity index (χ0) is 24.3. The zero-order valence-electron chi connectivity index (χ0n) is 19.5. The van der Waals surface area contributed by atoms with Crippen LogP contribution in [0, 0.1) is 11.8 Å². The van der Waals surface area contributed by atoms with Crippen molar-refractivity contribution >= 4 is 25.8 Å². The number of nitrogens with zero attached hydrogens (tertiary/aromatic N) is 2. The lowest BCUT2D eigenvalue weighted by molar-refractivity contribution is 0.104. The number of hydrogen-bond acceptors (Lipinski definition) is 5. The molecule has 2 aliphatic heterocycles. The fourth-order valence-corrected chi connectivity index (χ4v) is 8.10. The molecule has 3 aliphatic rings. The second kappa shape index (κ2) is 8.55. The van der Waals surface area contributed by atoms with Crippen LogP contribution in [0.5, 0.6) is 0 Å². The first-order valence-electron chi connectivity index (χ1n) is 11.9. The van der Waals surface area contributed by atoms with Crippen molar-refractivity contribution in [2.75, 3.05) is 26.2 Å². The minimum absolute atomic E-state index is 0.109. The van der Waals surface area contributed by atoms with Crippen molar-refractivity contribution in [3.63, 3.8) is 0 Å². The number of rotatable bonds is 4.